The summed E-state index contributed by atoms with van der Waals surface area (Å²) in [7, 11) is -4.02. The number of carbonyl (C=O) groups excluding carboxylic acids is 1. The number of rotatable bonds is 12. The van der Waals surface area contributed by atoms with E-state index in [9.17, 15) is 13.2 Å². The molecule has 7 nitrogen and oxygen atoms in total. The van der Waals surface area contributed by atoms with Crippen LogP contribution in [0.15, 0.2) is 95.9 Å². The maximum Gasteiger partial charge on any atom is 0.261 e. The fourth-order valence-corrected chi connectivity index (χ4v) is 5.19. The molecule has 4 rings (SSSR count). The number of carbonyl (C=O) groups is 1. The van der Waals surface area contributed by atoms with Gasteiger partial charge in [-0.15, -0.1) is 0 Å². The molecule has 0 atom stereocenters. The fraction of sp³-hybridized carbons (Fsp3) is 0.167. The Morgan fingerprint density at radius 1 is 0.875 bits per heavy atom. The number of para-hydroxylation sites is 1. The first kappa shape index (κ1) is 29.3. The molecule has 4 aromatic carbocycles. The Labute approximate surface area is 244 Å². The lowest BCUT2D eigenvalue weighted by atomic mass is 10.1. The van der Waals surface area contributed by atoms with E-state index >= 15 is 0 Å². The number of anilines is 1. The summed E-state index contributed by atoms with van der Waals surface area (Å²) >= 11 is 12.3. The SMILES string of the molecule is CCCOc1cccc(CCNC(=O)c2cc(Cl)ccc2NS(=O)(=O)c2ccc(Oc3ccccc3Cl)cc2)c1. The quantitative estimate of drug-likeness (QED) is 0.178. The highest BCUT2D eigenvalue weighted by atomic mass is 35.5. The van der Waals surface area contributed by atoms with Gasteiger partial charge in [-0.1, -0.05) is 54.4 Å². The van der Waals surface area contributed by atoms with Gasteiger partial charge in [0.1, 0.15) is 17.2 Å². The highest BCUT2D eigenvalue weighted by Crippen LogP contribution is 2.30. The van der Waals surface area contributed by atoms with E-state index < -0.39 is 15.9 Å². The molecule has 0 bridgehead atoms. The Balaban J connectivity index is 1.42. The monoisotopic (exact) mass is 598 g/mol. The molecule has 0 heterocycles. The summed E-state index contributed by atoms with van der Waals surface area (Å²) in [5.74, 6) is 1.19. The van der Waals surface area contributed by atoms with E-state index in [0.29, 0.717) is 41.1 Å². The summed E-state index contributed by atoms with van der Waals surface area (Å²) in [6.45, 7) is 3.01. The first-order valence-electron chi connectivity index (χ1n) is 12.6. The molecule has 0 fully saturated rings. The molecule has 0 unspecified atom stereocenters. The first-order valence-corrected chi connectivity index (χ1v) is 14.8. The normalized spacial score (nSPS) is 11.1. The summed E-state index contributed by atoms with van der Waals surface area (Å²) in [6, 6.07) is 24.9. The molecule has 0 spiro atoms. The van der Waals surface area contributed by atoms with Crippen LogP contribution in [0.4, 0.5) is 5.69 Å². The molecule has 0 saturated heterocycles. The van der Waals surface area contributed by atoms with Gasteiger partial charge in [-0.3, -0.25) is 9.52 Å². The summed E-state index contributed by atoms with van der Waals surface area (Å²) in [5.41, 5.74) is 1.21. The average molecular weight is 600 g/mol. The van der Waals surface area contributed by atoms with Gasteiger partial charge in [0.05, 0.1) is 27.8 Å². The van der Waals surface area contributed by atoms with Crippen molar-refractivity contribution in [3.63, 3.8) is 0 Å². The van der Waals surface area contributed by atoms with Crippen LogP contribution in [-0.2, 0) is 16.4 Å². The standard InChI is InChI=1S/C30H28Cl2N2O5S/c1-2-18-38-24-7-5-6-21(19-24)16-17-33-30(35)26-20-22(31)10-15-28(26)34-40(36,37)25-13-11-23(12-14-25)39-29-9-4-3-8-27(29)32/h3-15,19-20,34H,2,16-18H2,1H3,(H,33,35). The Morgan fingerprint density at radius 3 is 2.40 bits per heavy atom. The van der Waals surface area contributed by atoms with E-state index in [1.165, 1.54) is 42.5 Å². The lowest BCUT2D eigenvalue weighted by molar-refractivity contribution is 0.0955. The zero-order valence-electron chi connectivity index (χ0n) is 21.7. The number of nitrogens with one attached hydrogen (secondary N) is 2. The number of amides is 1. The van der Waals surface area contributed by atoms with Crippen molar-refractivity contribution in [1.29, 1.82) is 0 Å². The molecule has 0 aliphatic heterocycles. The Hall–Kier alpha value is -3.72. The second-order valence-corrected chi connectivity index (χ2v) is 11.3. The topological polar surface area (TPSA) is 93.7 Å². The smallest absolute Gasteiger partial charge is 0.261 e. The summed E-state index contributed by atoms with van der Waals surface area (Å²) in [4.78, 5) is 13.0. The van der Waals surface area contributed by atoms with Crippen LogP contribution in [-0.4, -0.2) is 27.5 Å². The van der Waals surface area contributed by atoms with Crippen LogP contribution in [0.25, 0.3) is 0 Å². The average Bonchev–Trinajstić information content (AvgIpc) is 2.94. The number of halogens is 2. The fourth-order valence-electron chi connectivity index (χ4n) is 3.76. The van der Waals surface area contributed by atoms with Gasteiger partial charge < -0.3 is 14.8 Å². The Bertz CT molecular complexity index is 1580. The van der Waals surface area contributed by atoms with E-state index in [1.807, 2.05) is 31.2 Å². The third-order valence-corrected chi connectivity index (χ3v) is 7.67. The van der Waals surface area contributed by atoms with E-state index in [-0.39, 0.29) is 16.1 Å². The largest absolute Gasteiger partial charge is 0.494 e. The second kappa shape index (κ2) is 13.6. The van der Waals surface area contributed by atoms with E-state index in [0.717, 1.165) is 17.7 Å². The molecule has 0 saturated carbocycles. The van der Waals surface area contributed by atoms with Crippen molar-refractivity contribution in [2.24, 2.45) is 0 Å². The molecule has 0 aromatic heterocycles. The lowest BCUT2D eigenvalue weighted by Gasteiger charge is -2.14. The molecule has 10 heteroatoms. The van der Waals surface area contributed by atoms with E-state index in [1.54, 1.807) is 24.3 Å². The molecule has 1 amide bonds. The maximum absolute atomic E-state index is 13.1. The van der Waals surface area contributed by atoms with Crippen LogP contribution in [0.3, 0.4) is 0 Å². The predicted octanol–water partition coefficient (Wildman–Crippen LogP) is 7.35. The van der Waals surface area contributed by atoms with Gasteiger partial charge in [0.2, 0.25) is 0 Å². The molecular weight excluding hydrogens is 571 g/mol. The zero-order valence-corrected chi connectivity index (χ0v) is 24.0. The Kier molecular flexibility index (Phi) is 9.93. The highest BCUT2D eigenvalue weighted by Gasteiger charge is 2.20. The molecule has 208 valence electrons. The van der Waals surface area contributed by atoms with Gasteiger partial charge >= 0.3 is 0 Å². The van der Waals surface area contributed by atoms with Crippen molar-refractivity contribution >= 4 is 44.8 Å². The highest BCUT2D eigenvalue weighted by molar-refractivity contribution is 7.92. The minimum absolute atomic E-state index is 0.00881. The van der Waals surface area contributed by atoms with Gasteiger partial charge in [0, 0.05) is 11.6 Å². The zero-order chi connectivity index (χ0) is 28.5. The van der Waals surface area contributed by atoms with Crippen LogP contribution in [0.2, 0.25) is 10.0 Å². The Morgan fingerprint density at radius 2 is 1.65 bits per heavy atom. The van der Waals surface area contributed by atoms with Crippen LogP contribution in [0, 0.1) is 0 Å². The van der Waals surface area contributed by atoms with E-state index in [2.05, 4.69) is 10.0 Å². The molecule has 2 N–H and O–H groups in total. The molecule has 40 heavy (non-hydrogen) atoms. The van der Waals surface area contributed by atoms with Crippen LogP contribution < -0.4 is 19.5 Å². The van der Waals surface area contributed by atoms with Crippen molar-refractivity contribution in [3.8, 4) is 17.2 Å². The predicted molar refractivity (Wildman–Crippen MR) is 158 cm³/mol. The second-order valence-electron chi connectivity index (χ2n) is 8.80. The van der Waals surface area contributed by atoms with Crippen molar-refractivity contribution in [2.45, 2.75) is 24.7 Å². The molecule has 0 aliphatic carbocycles. The van der Waals surface area contributed by atoms with Gasteiger partial charge in [0.15, 0.2) is 0 Å². The molecule has 0 radical (unpaired) electrons. The maximum atomic E-state index is 13.1. The minimum atomic E-state index is -4.02. The summed E-state index contributed by atoms with van der Waals surface area (Å²) in [6.07, 6.45) is 1.48. The van der Waals surface area contributed by atoms with Crippen molar-refractivity contribution < 1.29 is 22.7 Å². The third kappa shape index (κ3) is 7.91. The number of ether oxygens (including phenoxy) is 2. The van der Waals surface area contributed by atoms with Gasteiger partial charge in [-0.05, 0) is 85.1 Å². The number of benzene rings is 4. The van der Waals surface area contributed by atoms with E-state index in [4.69, 9.17) is 32.7 Å². The van der Waals surface area contributed by atoms with Crippen molar-refractivity contribution in [3.05, 3.63) is 112 Å². The van der Waals surface area contributed by atoms with Gasteiger partial charge in [-0.2, -0.15) is 0 Å². The lowest BCUT2D eigenvalue weighted by Crippen LogP contribution is -2.27. The minimum Gasteiger partial charge on any atom is -0.494 e. The number of hydrogen-bond acceptors (Lipinski definition) is 5. The first-order chi connectivity index (χ1) is 19.2. The number of sulfonamides is 1. The molecular formula is C30H28Cl2N2O5S. The van der Waals surface area contributed by atoms with Crippen LogP contribution in [0.1, 0.15) is 29.3 Å². The third-order valence-electron chi connectivity index (χ3n) is 5.74. The van der Waals surface area contributed by atoms with Crippen molar-refractivity contribution in [2.75, 3.05) is 17.9 Å². The van der Waals surface area contributed by atoms with Gasteiger partial charge in [-0.25, -0.2) is 8.42 Å². The summed E-state index contributed by atoms with van der Waals surface area (Å²) < 4.78 is 40.2. The molecule has 4 aromatic rings. The van der Waals surface area contributed by atoms with Crippen LogP contribution in [0.5, 0.6) is 17.2 Å². The van der Waals surface area contributed by atoms with Crippen molar-refractivity contribution in [1.82, 2.24) is 5.32 Å². The van der Waals surface area contributed by atoms with Gasteiger partial charge in [0.25, 0.3) is 15.9 Å². The summed E-state index contributed by atoms with van der Waals surface area (Å²) in [5, 5.41) is 3.57. The van der Waals surface area contributed by atoms with Crippen LogP contribution >= 0.6 is 23.2 Å². The molecule has 0 aliphatic rings. The number of hydrogen-bond donors (Lipinski definition) is 2.